The van der Waals surface area contributed by atoms with E-state index in [1.165, 1.54) is 0 Å². The molecule has 0 fully saturated rings. The van der Waals surface area contributed by atoms with E-state index in [-0.39, 0.29) is 11.9 Å². The summed E-state index contributed by atoms with van der Waals surface area (Å²) >= 11 is 0. The highest BCUT2D eigenvalue weighted by atomic mass is 16.5. The minimum atomic E-state index is -0.191. The Labute approximate surface area is 190 Å². The highest BCUT2D eigenvalue weighted by Gasteiger charge is 2.17. The summed E-state index contributed by atoms with van der Waals surface area (Å²) in [5.41, 5.74) is 3.33. The van der Waals surface area contributed by atoms with Crippen molar-refractivity contribution >= 4 is 5.91 Å². The molecule has 1 heterocycles. The minimum absolute atomic E-state index is 0.184. The maximum Gasteiger partial charge on any atom is 0.255 e. The molecule has 3 aromatic rings. The molecule has 0 saturated heterocycles. The van der Waals surface area contributed by atoms with E-state index in [4.69, 9.17) is 9.47 Å². The van der Waals surface area contributed by atoms with Crippen molar-refractivity contribution in [2.75, 3.05) is 34.4 Å². The van der Waals surface area contributed by atoms with Crippen LogP contribution in [-0.2, 0) is 0 Å². The van der Waals surface area contributed by atoms with Crippen molar-refractivity contribution in [2.45, 2.75) is 26.8 Å². The number of H-pyrrole nitrogens is 1. The quantitative estimate of drug-likeness (QED) is 0.513. The lowest BCUT2D eigenvalue weighted by molar-refractivity contribution is 0.0935. The number of hydrogen-bond acceptors (Lipinski definition) is 5. The van der Waals surface area contributed by atoms with Gasteiger partial charge in [0.2, 0.25) is 0 Å². The van der Waals surface area contributed by atoms with Gasteiger partial charge in [-0.3, -0.25) is 9.89 Å². The molecular formula is C25H34N4O3. The first-order valence-electron chi connectivity index (χ1n) is 10.8. The van der Waals surface area contributed by atoms with Crippen LogP contribution in [0.1, 0.15) is 42.7 Å². The SMILES string of the molecule is CC.COc1cccc(C(C)NC(=O)c2ccc(-c3cn[nH]c3)cc2OCCN(C)C)c1. The van der Waals surface area contributed by atoms with E-state index >= 15 is 0 Å². The Hall–Kier alpha value is -3.32. The summed E-state index contributed by atoms with van der Waals surface area (Å²) < 4.78 is 11.3. The number of hydrogen-bond donors (Lipinski definition) is 2. The lowest BCUT2D eigenvalue weighted by atomic mass is 10.0. The molecule has 0 bridgehead atoms. The van der Waals surface area contributed by atoms with Gasteiger partial charge in [-0.25, -0.2) is 0 Å². The van der Waals surface area contributed by atoms with Crippen molar-refractivity contribution in [3.05, 3.63) is 66.0 Å². The fourth-order valence-corrected chi connectivity index (χ4v) is 3.02. The van der Waals surface area contributed by atoms with Crippen molar-refractivity contribution in [1.82, 2.24) is 20.4 Å². The zero-order valence-corrected chi connectivity index (χ0v) is 19.8. The maximum absolute atomic E-state index is 13.0. The van der Waals surface area contributed by atoms with Gasteiger partial charge in [0.1, 0.15) is 18.1 Å². The van der Waals surface area contributed by atoms with Crippen LogP contribution < -0.4 is 14.8 Å². The molecule has 32 heavy (non-hydrogen) atoms. The van der Waals surface area contributed by atoms with E-state index in [1.54, 1.807) is 19.4 Å². The molecule has 2 N–H and O–H groups in total. The molecule has 2 aromatic carbocycles. The normalized spacial score (nSPS) is 11.3. The van der Waals surface area contributed by atoms with Crippen molar-refractivity contribution in [3.8, 4) is 22.6 Å². The van der Waals surface area contributed by atoms with Gasteiger partial charge < -0.3 is 19.7 Å². The molecule has 1 aromatic heterocycles. The Morgan fingerprint density at radius 2 is 1.94 bits per heavy atom. The predicted octanol–water partition coefficient (Wildman–Crippen LogP) is 4.54. The molecule has 1 amide bonds. The van der Waals surface area contributed by atoms with Crippen LogP contribution in [0.5, 0.6) is 11.5 Å². The number of carbonyl (C=O) groups excluding carboxylic acids is 1. The molecule has 0 spiro atoms. The summed E-state index contributed by atoms with van der Waals surface area (Å²) in [7, 11) is 5.59. The average Bonchev–Trinajstić information content (AvgIpc) is 3.35. The molecule has 1 unspecified atom stereocenters. The Bertz CT molecular complexity index is 971. The summed E-state index contributed by atoms with van der Waals surface area (Å²) in [5, 5.41) is 9.86. The van der Waals surface area contributed by atoms with Crippen LogP contribution in [0, 0.1) is 0 Å². The van der Waals surface area contributed by atoms with Crippen LogP contribution in [0.3, 0.4) is 0 Å². The first kappa shape index (κ1) is 24.9. The standard InChI is InChI=1S/C23H28N4O3.C2H6/c1-16(17-6-5-7-20(12-17)29-4)26-23(28)21-9-8-18(19-14-24-25-15-19)13-22(21)30-11-10-27(2)3;1-2/h5-9,12-16H,10-11H2,1-4H3,(H,24,25)(H,26,28);1-2H3. The topological polar surface area (TPSA) is 79.5 Å². The smallest absolute Gasteiger partial charge is 0.255 e. The number of ether oxygens (including phenoxy) is 2. The van der Waals surface area contributed by atoms with Crippen molar-refractivity contribution < 1.29 is 14.3 Å². The van der Waals surface area contributed by atoms with E-state index in [0.717, 1.165) is 29.0 Å². The van der Waals surface area contributed by atoms with Gasteiger partial charge in [-0.2, -0.15) is 5.10 Å². The number of methoxy groups -OCH3 is 1. The first-order chi connectivity index (χ1) is 15.5. The summed E-state index contributed by atoms with van der Waals surface area (Å²) in [4.78, 5) is 15.1. The molecule has 172 valence electrons. The highest BCUT2D eigenvalue weighted by Crippen LogP contribution is 2.28. The average molecular weight is 439 g/mol. The Balaban J connectivity index is 0.00000176. The molecule has 7 nitrogen and oxygen atoms in total. The zero-order valence-electron chi connectivity index (χ0n) is 19.8. The monoisotopic (exact) mass is 438 g/mol. The number of carbonyl (C=O) groups is 1. The van der Waals surface area contributed by atoms with Crippen LogP contribution >= 0.6 is 0 Å². The van der Waals surface area contributed by atoms with Gasteiger partial charge in [0.25, 0.3) is 5.91 Å². The van der Waals surface area contributed by atoms with E-state index in [0.29, 0.717) is 17.9 Å². The van der Waals surface area contributed by atoms with Crippen LogP contribution in [0.4, 0.5) is 0 Å². The second kappa shape index (κ2) is 12.5. The Morgan fingerprint density at radius 3 is 2.59 bits per heavy atom. The van der Waals surface area contributed by atoms with Crippen molar-refractivity contribution in [3.63, 3.8) is 0 Å². The van der Waals surface area contributed by atoms with Gasteiger partial charge in [0, 0.05) is 18.3 Å². The third kappa shape index (κ3) is 6.85. The van der Waals surface area contributed by atoms with Crippen LogP contribution in [-0.4, -0.2) is 55.4 Å². The summed E-state index contributed by atoms with van der Waals surface area (Å²) in [6.45, 7) is 7.17. The summed E-state index contributed by atoms with van der Waals surface area (Å²) in [5.74, 6) is 1.11. The largest absolute Gasteiger partial charge is 0.497 e. The van der Waals surface area contributed by atoms with E-state index < -0.39 is 0 Å². The fraction of sp³-hybridized carbons (Fsp3) is 0.360. The number of aromatic nitrogens is 2. The van der Waals surface area contributed by atoms with Gasteiger partial charge in [-0.15, -0.1) is 0 Å². The molecule has 0 aliphatic carbocycles. The van der Waals surface area contributed by atoms with Crippen LogP contribution in [0.2, 0.25) is 0 Å². The number of aromatic amines is 1. The highest BCUT2D eigenvalue weighted by molar-refractivity contribution is 5.97. The van der Waals surface area contributed by atoms with Crippen molar-refractivity contribution in [2.24, 2.45) is 0 Å². The van der Waals surface area contributed by atoms with E-state index in [2.05, 4.69) is 15.5 Å². The van der Waals surface area contributed by atoms with Gasteiger partial charge in [-0.05, 0) is 56.4 Å². The molecule has 0 aliphatic heterocycles. The van der Waals surface area contributed by atoms with E-state index in [9.17, 15) is 4.79 Å². The fourth-order valence-electron chi connectivity index (χ4n) is 3.02. The van der Waals surface area contributed by atoms with Crippen molar-refractivity contribution in [1.29, 1.82) is 0 Å². The predicted molar refractivity (Wildman–Crippen MR) is 128 cm³/mol. The number of benzene rings is 2. The second-order valence-electron chi connectivity index (χ2n) is 7.32. The second-order valence-corrected chi connectivity index (χ2v) is 7.32. The molecule has 3 rings (SSSR count). The third-order valence-corrected chi connectivity index (χ3v) is 4.80. The summed E-state index contributed by atoms with van der Waals surface area (Å²) in [6, 6.07) is 13.1. The Morgan fingerprint density at radius 1 is 1.16 bits per heavy atom. The Kier molecular flexibility index (Phi) is 9.76. The lowest BCUT2D eigenvalue weighted by Crippen LogP contribution is -2.27. The molecule has 0 saturated carbocycles. The molecule has 7 heteroatoms. The lowest BCUT2D eigenvalue weighted by Gasteiger charge is -2.18. The number of rotatable bonds is 9. The van der Waals surface area contributed by atoms with Crippen LogP contribution in [0.25, 0.3) is 11.1 Å². The molecule has 0 aliphatic rings. The molecular weight excluding hydrogens is 404 g/mol. The van der Waals surface area contributed by atoms with Gasteiger partial charge in [0.15, 0.2) is 0 Å². The van der Waals surface area contributed by atoms with Gasteiger partial charge in [-0.1, -0.05) is 32.0 Å². The first-order valence-corrected chi connectivity index (χ1v) is 10.8. The minimum Gasteiger partial charge on any atom is -0.497 e. The number of likely N-dealkylation sites (N-methyl/N-ethyl adjacent to an activating group) is 1. The third-order valence-electron chi connectivity index (χ3n) is 4.80. The maximum atomic E-state index is 13.0. The zero-order chi connectivity index (χ0) is 23.5. The van der Waals surface area contributed by atoms with Crippen LogP contribution in [0.15, 0.2) is 54.9 Å². The number of nitrogens with zero attached hydrogens (tertiary/aromatic N) is 2. The van der Waals surface area contributed by atoms with Gasteiger partial charge in [0.05, 0.1) is 24.9 Å². The van der Waals surface area contributed by atoms with Gasteiger partial charge >= 0.3 is 0 Å². The number of nitrogens with one attached hydrogen (secondary N) is 2. The molecule has 1 atom stereocenters. The summed E-state index contributed by atoms with van der Waals surface area (Å²) in [6.07, 6.45) is 3.55. The number of amides is 1. The van der Waals surface area contributed by atoms with E-state index in [1.807, 2.05) is 82.4 Å². The molecule has 0 radical (unpaired) electrons.